The van der Waals surface area contributed by atoms with Gasteiger partial charge in [0.25, 0.3) is 0 Å². The van der Waals surface area contributed by atoms with E-state index in [9.17, 15) is 4.79 Å². The van der Waals surface area contributed by atoms with Crippen LogP contribution in [0.4, 0.5) is 0 Å². The normalized spacial score (nSPS) is 9.87. The molecular weight excluding hydrogens is 253 g/mol. The van der Waals surface area contributed by atoms with Crippen LogP contribution < -0.4 is 0 Å². The Hall–Kier alpha value is -1.44. The second-order valence-electron chi connectivity index (χ2n) is 3.09. The second-order valence-corrected chi connectivity index (χ2v) is 3.90. The number of hydrogen-bond donors (Lipinski definition) is 0. The van der Waals surface area contributed by atoms with Crippen LogP contribution in [0.5, 0.6) is 0 Å². The zero-order chi connectivity index (χ0) is 10.7. The van der Waals surface area contributed by atoms with Gasteiger partial charge in [0.05, 0.1) is 0 Å². The SMILES string of the molecule is O=Cc1cccn(-c2ccccc2)c1=[Se]. The zero-order valence-corrected chi connectivity index (χ0v) is 9.67. The first-order valence-corrected chi connectivity index (χ1v) is 5.41. The van der Waals surface area contributed by atoms with E-state index in [2.05, 4.69) is 15.6 Å². The molecule has 0 aliphatic rings. The van der Waals surface area contributed by atoms with Crippen LogP contribution in [0, 0.1) is 4.19 Å². The van der Waals surface area contributed by atoms with E-state index in [-0.39, 0.29) is 0 Å². The van der Waals surface area contributed by atoms with Crippen molar-refractivity contribution >= 4 is 21.9 Å². The molecule has 0 aliphatic heterocycles. The molecule has 74 valence electrons. The molecule has 0 atom stereocenters. The number of rotatable bonds is 2. The molecule has 0 N–H and O–H groups in total. The summed E-state index contributed by atoms with van der Waals surface area (Å²) in [5.74, 6) is 0. The third-order valence-electron chi connectivity index (χ3n) is 2.14. The van der Waals surface area contributed by atoms with Crippen molar-refractivity contribution in [3.8, 4) is 5.69 Å². The summed E-state index contributed by atoms with van der Waals surface area (Å²) in [6.07, 6.45) is 2.78. The van der Waals surface area contributed by atoms with Gasteiger partial charge in [0.1, 0.15) is 0 Å². The summed E-state index contributed by atoms with van der Waals surface area (Å²) >= 11 is 2.92. The van der Waals surface area contributed by atoms with Crippen LogP contribution in [0.3, 0.4) is 0 Å². The predicted molar refractivity (Wildman–Crippen MR) is 60.2 cm³/mol. The molecule has 3 heteroatoms. The average molecular weight is 262 g/mol. The first-order valence-electron chi connectivity index (χ1n) is 4.55. The molecule has 0 saturated carbocycles. The van der Waals surface area contributed by atoms with E-state index in [0.29, 0.717) is 5.56 Å². The molecule has 0 saturated heterocycles. The number of aldehydes is 1. The van der Waals surface area contributed by atoms with Crippen molar-refractivity contribution < 1.29 is 4.79 Å². The fraction of sp³-hybridized carbons (Fsp3) is 0. The first-order chi connectivity index (χ1) is 7.33. The van der Waals surface area contributed by atoms with Gasteiger partial charge in [-0.25, -0.2) is 0 Å². The third-order valence-corrected chi connectivity index (χ3v) is 3.05. The van der Waals surface area contributed by atoms with Crippen molar-refractivity contribution in [2.24, 2.45) is 0 Å². The molecule has 0 aliphatic carbocycles. The molecule has 0 unspecified atom stereocenters. The van der Waals surface area contributed by atoms with Gasteiger partial charge >= 0.3 is 95.3 Å². The van der Waals surface area contributed by atoms with Gasteiger partial charge in [0.15, 0.2) is 0 Å². The standard InChI is InChI=1S/C12H9NOSe/c14-9-10-5-4-8-13(12(10)15)11-6-2-1-3-7-11/h1-9H. The molecule has 1 heterocycles. The quantitative estimate of drug-likeness (QED) is 0.599. The van der Waals surface area contributed by atoms with Gasteiger partial charge in [-0.05, 0) is 0 Å². The van der Waals surface area contributed by atoms with Crippen molar-refractivity contribution in [3.63, 3.8) is 0 Å². The summed E-state index contributed by atoms with van der Waals surface area (Å²) in [7, 11) is 0. The minimum absolute atomic E-state index is 0.668. The number of pyridine rings is 1. The maximum absolute atomic E-state index is 10.8. The topological polar surface area (TPSA) is 22.0 Å². The summed E-state index contributed by atoms with van der Waals surface area (Å²) in [6, 6.07) is 13.5. The minimum atomic E-state index is 0.668. The van der Waals surface area contributed by atoms with Gasteiger partial charge in [-0.3, -0.25) is 0 Å². The fourth-order valence-electron chi connectivity index (χ4n) is 1.39. The van der Waals surface area contributed by atoms with E-state index < -0.39 is 0 Å². The Kier molecular flexibility index (Phi) is 2.95. The predicted octanol–water partition coefficient (Wildman–Crippen LogP) is 1.99. The maximum atomic E-state index is 10.8. The van der Waals surface area contributed by atoms with Crippen LogP contribution in [0.1, 0.15) is 10.4 Å². The van der Waals surface area contributed by atoms with Crippen LogP contribution in [-0.2, 0) is 0 Å². The monoisotopic (exact) mass is 263 g/mol. The number of carbonyl (C=O) groups is 1. The summed E-state index contributed by atoms with van der Waals surface area (Å²) in [5, 5.41) is 0. The molecule has 1 aromatic heterocycles. The van der Waals surface area contributed by atoms with Gasteiger partial charge in [-0.15, -0.1) is 0 Å². The van der Waals surface area contributed by atoms with E-state index in [0.717, 1.165) is 16.2 Å². The van der Waals surface area contributed by atoms with Crippen molar-refractivity contribution in [1.82, 2.24) is 4.57 Å². The van der Waals surface area contributed by atoms with Gasteiger partial charge < -0.3 is 0 Å². The van der Waals surface area contributed by atoms with Crippen molar-refractivity contribution in [3.05, 3.63) is 58.4 Å². The molecule has 2 rings (SSSR count). The third kappa shape index (κ3) is 1.99. The Labute approximate surface area is 95.5 Å². The van der Waals surface area contributed by atoms with Crippen LogP contribution in [0.2, 0.25) is 0 Å². The Morgan fingerprint density at radius 3 is 2.47 bits per heavy atom. The molecule has 1 aromatic carbocycles. The van der Waals surface area contributed by atoms with E-state index >= 15 is 0 Å². The van der Waals surface area contributed by atoms with Gasteiger partial charge in [0, 0.05) is 0 Å². The molecule has 2 aromatic rings. The molecule has 0 amide bonds. The van der Waals surface area contributed by atoms with Gasteiger partial charge in [-0.2, -0.15) is 0 Å². The van der Waals surface area contributed by atoms with Crippen LogP contribution >= 0.6 is 0 Å². The number of benzene rings is 1. The molecule has 2 nitrogen and oxygen atoms in total. The average Bonchev–Trinajstić information content (AvgIpc) is 2.30. The summed E-state index contributed by atoms with van der Waals surface area (Å²) < 4.78 is 2.78. The first kappa shape index (κ1) is 10.1. The van der Waals surface area contributed by atoms with Crippen molar-refractivity contribution in [1.29, 1.82) is 0 Å². The van der Waals surface area contributed by atoms with Crippen molar-refractivity contribution in [2.75, 3.05) is 0 Å². The second kappa shape index (κ2) is 4.39. The Morgan fingerprint density at radius 1 is 1.07 bits per heavy atom. The molecule has 0 spiro atoms. The number of carbonyl (C=O) groups excluding carboxylic acids is 1. The molecule has 0 bridgehead atoms. The van der Waals surface area contributed by atoms with Gasteiger partial charge in [-0.1, -0.05) is 0 Å². The summed E-state index contributed by atoms with van der Waals surface area (Å²) in [5.41, 5.74) is 1.70. The molecule has 0 radical (unpaired) electrons. The number of para-hydroxylation sites is 1. The van der Waals surface area contributed by atoms with E-state index in [1.165, 1.54) is 0 Å². The van der Waals surface area contributed by atoms with Crippen LogP contribution in [-0.4, -0.2) is 26.4 Å². The van der Waals surface area contributed by atoms with Gasteiger partial charge in [0.2, 0.25) is 0 Å². The van der Waals surface area contributed by atoms with E-state index in [4.69, 9.17) is 0 Å². The van der Waals surface area contributed by atoms with Crippen LogP contribution in [0.15, 0.2) is 48.7 Å². The number of nitrogens with zero attached hydrogens (tertiary/aromatic N) is 1. The number of hydrogen-bond acceptors (Lipinski definition) is 1. The van der Waals surface area contributed by atoms with Crippen LogP contribution in [0.25, 0.3) is 5.69 Å². The number of aromatic nitrogens is 1. The molecular formula is C12H9NOSe. The molecule has 0 fully saturated rings. The zero-order valence-electron chi connectivity index (χ0n) is 7.96. The molecule has 15 heavy (non-hydrogen) atoms. The summed E-state index contributed by atoms with van der Waals surface area (Å²) in [6.45, 7) is 0. The van der Waals surface area contributed by atoms with E-state index in [1.807, 2.05) is 47.2 Å². The van der Waals surface area contributed by atoms with Crippen molar-refractivity contribution in [2.45, 2.75) is 0 Å². The Bertz CT molecular complexity index is 531. The summed E-state index contributed by atoms with van der Waals surface area (Å²) in [4.78, 5) is 10.8. The fourth-order valence-corrected chi connectivity index (χ4v) is 1.98. The van der Waals surface area contributed by atoms with E-state index in [1.54, 1.807) is 6.07 Å². The Balaban J connectivity index is 2.65. The Morgan fingerprint density at radius 2 is 1.80 bits per heavy atom.